The van der Waals surface area contributed by atoms with Crippen LogP contribution in [0.1, 0.15) is 6.42 Å². The second-order valence-electron chi connectivity index (χ2n) is 2.33. The second kappa shape index (κ2) is 7.32. The first-order valence-electron chi connectivity index (χ1n) is 4.09. The van der Waals surface area contributed by atoms with E-state index in [2.05, 4.69) is 29.2 Å². The van der Waals surface area contributed by atoms with Gasteiger partial charge in [0.05, 0.1) is 18.9 Å². The third-order valence-electron chi connectivity index (χ3n) is 1.32. The number of hydrogen-bond acceptors (Lipinski definition) is 4. The maximum Gasteiger partial charge on any atom is 0.339 e. The van der Waals surface area contributed by atoms with Gasteiger partial charge in [0.2, 0.25) is 0 Å². The zero-order valence-electron chi connectivity index (χ0n) is 8.27. The van der Waals surface area contributed by atoms with Gasteiger partial charge >= 0.3 is 11.9 Å². The van der Waals surface area contributed by atoms with Crippen molar-refractivity contribution in [3.05, 3.63) is 50.0 Å². The van der Waals surface area contributed by atoms with Gasteiger partial charge in [0, 0.05) is 5.57 Å². The van der Waals surface area contributed by atoms with E-state index in [0.717, 1.165) is 12.5 Å². The molecule has 0 aliphatic rings. The molecule has 0 bridgehead atoms. The molecule has 0 atom stereocenters. The van der Waals surface area contributed by atoms with E-state index in [9.17, 15) is 9.59 Å². The minimum Gasteiger partial charge on any atom is -0.435 e. The van der Waals surface area contributed by atoms with Crippen molar-refractivity contribution < 1.29 is 19.1 Å². The van der Waals surface area contributed by atoms with E-state index in [1.54, 1.807) is 0 Å². The SMILES string of the molecule is C=CC=C(CC(=O)OC=C)C(=O)OC=C. The summed E-state index contributed by atoms with van der Waals surface area (Å²) in [6, 6.07) is 0. The summed E-state index contributed by atoms with van der Waals surface area (Å²) < 4.78 is 8.97. The molecule has 0 N–H and O–H groups in total. The Morgan fingerprint density at radius 1 is 1.07 bits per heavy atom. The van der Waals surface area contributed by atoms with Gasteiger partial charge in [-0.1, -0.05) is 31.9 Å². The molecule has 0 spiro atoms. The number of carbonyl (C=O) groups excluding carboxylic acids is 2. The Bertz CT molecular complexity index is 313. The van der Waals surface area contributed by atoms with Crippen LogP contribution in [-0.2, 0) is 19.1 Å². The summed E-state index contributed by atoms with van der Waals surface area (Å²) in [5.41, 5.74) is 0.136. The Morgan fingerprint density at radius 2 is 1.67 bits per heavy atom. The highest BCUT2D eigenvalue weighted by molar-refractivity contribution is 5.94. The van der Waals surface area contributed by atoms with E-state index in [1.165, 1.54) is 12.2 Å². The van der Waals surface area contributed by atoms with E-state index in [1.807, 2.05) is 0 Å². The highest BCUT2D eigenvalue weighted by atomic mass is 16.5. The lowest BCUT2D eigenvalue weighted by Gasteiger charge is -2.02. The van der Waals surface area contributed by atoms with Crippen LogP contribution in [0.5, 0.6) is 0 Å². The topological polar surface area (TPSA) is 52.6 Å². The Labute approximate surface area is 88.2 Å². The molecule has 0 aromatic carbocycles. The van der Waals surface area contributed by atoms with Crippen LogP contribution in [-0.4, -0.2) is 11.9 Å². The van der Waals surface area contributed by atoms with Gasteiger partial charge in [-0.15, -0.1) is 0 Å². The van der Waals surface area contributed by atoms with Gasteiger partial charge in [-0.05, 0) is 0 Å². The van der Waals surface area contributed by atoms with E-state index in [-0.39, 0.29) is 12.0 Å². The molecule has 0 radical (unpaired) electrons. The summed E-state index contributed by atoms with van der Waals surface area (Å²) in [7, 11) is 0. The highest BCUT2D eigenvalue weighted by Gasteiger charge is 2.14. The zero-order valence-corrected chi connectivity index (χ0v) is 8.27. The fourth-order valence-electron chi connectivity index (χ4n) is 0.783. The molecule has 4 nitrogen and oxygen atoms in total. The molecule has 15 heavy (non-hydrogen) atoms. The lowest BCUT2D eigenvalue weighted by Crippen LogP contribution is -2.10. The molecule has 0 saturated heterocycles. The minimum atomic E-state index is -0.661. The number of esters is 2. The summed E-state index contributed by atoms with van der Waals surface area (Å²) in [6.45, 7) is 9.86. The molecule has 4 heteroatoms. The summed E-state index contributed by atoms with van der Waals surface area (Å²) >= 11 is 0. The number of allylic oxidation sites excluding steroid dienone is 2. The van der Waals surface area contributed by atoms with Crippen LogP contribution in [0.15, 0.2) is 50.0 Å². The summed E-state index contributed by atoms with van der Waals surface area (Å²) in [6.07, 6.45) is 4.52. The predicted molar refractivity (Wildman–Crippen MR) is 55.5 cm³/mol. The maximum absolute atomic E-state index is 11.2. The molecule has 0 fully saturated rings. The third kappa shape index (κ3) is 5.25. The fraction of sp³-hybridized carbons (Fsp3) is 0.0909. The summed E-state index contributed by atoms with van der Waals surface area (Å²) in [4.78, 5) is 22.3. The van der Waals surface area contributed by atoms with Gasteiger partial charge in [0.1, 0.15) is 0 Å². The number of rotatable bonds is 6. The van der Waals surface area contributed by atoms with Gasteiger partial charge in [-0.3, -0.25) is 4.79 Å². The first-order valence-corrected chi connectivity index (χ1v) is 4.09. The van der Waals surface area contributed by atoms with Gasteiger partial charge < -0.3 is 9.47 Å². The fourth-order valence-corrected chi connectivity index (χ4v) is 0.783. The second-order valence-corrected chi connectivity index (χ2v) is 2.33. The number of hydrogen-bond donors (Lipinski definition) is 0. The molecule has 0 unspecified atom stereocenters. The monoisotopic (exact) mass is 208 g/mol. The first kappa shape index (κ1) is 12.9. The van der Waals surface area contributed by atoms with Crippen molar-refractivity contribution >= 4 is 11.9 Å². The Hall–Kier alpha value is -2.10. The van der Waals surface area contributed by atoms with Gasteiger partial charge in [-0.2, -0.15) is 0 Å². The lowest BCUT2D eigenvalue weighted by molar-refractivity contribution is -0.140. The average molecular weight is 208 g/mol. The standard InChI is InChI=1S/C11H12O4/c1-4-7-9(11(13)15-6-3)8-10(12)14-5-2/h4-7H,1-3,8H2. The molecule has 0 saturated carbocycles. The van der Waals surface area contributed by atoms with Gasteiger partial charge in [0.25, 0.3) is 0 Å². The largest absolute Gasteiger partial charge is 0.435 e. The van der Waals surface area contributed by atoms with Crippen LogP contribution >= 0.6 is 0 Å². The molecule has 0 heterocycles. The van der Waals surface area contributed by atoms with Crippen LogP contribution in [0.25, 0.3) is 0 Å². The van der Waals surface area contributed by atoms with E-state index in [0.29, 0.717) is 0 Å². The van der Waals surface area contributed by atoms with Crippen molar-refractivity contribution in [2.45, 2.75) is 6.42 Å². The highest BCUT2D eigenvalue weighted by Crippen LogP contribution is 2.06. The van der Waals surface area contributed by atoms with Crippen LogP contribution in [0.3, 0.4) is 0 Å². The van der Waals surface area contributed by atoms with Crippen LogP contribution in [0, 0.1) is 0 Å². The smallest absolute Gasteiger partial charge is 0.339 e. The minimum absolute atomic E-state index is 0.136. The van der Waals surface area contributed by atoms with Crippen molar-refractivity contribution in [3.63, 3.8) is 0 Å². The van der Waals surface area contributed by atoms with Gasteiger partial charge in [-0.25, -0.2) is 4.79 Å². The molecular weight excluding hydrogens is 196 g/mol. The quantitative estimate of drug-likeness (QED) is 0.289. The normalized spacial score (nSPS) is 10.0. The van der Waals surface area contributed by atoms with Crippen LogP contribution < -0.4 is 0 Å². The van der Waals surface area contributed by atoms with Crippen molar-refractivity contribution in [2.75, 3.05) is 0 Å². The summed E-state index contributed by atoms with van der Waals surface area (Å²) in [5.74, 6) is -1.26. The number of carbonyl (C=O) groups is 2. The van der Waals surface area contributed by atoms with E-state index >= 15 is 0 Å². The number of ether oxygens (including phenoxy) is 2. The van der Waals surface area contributed by atoms with Crippen molar-refractivity contribution in [3.8, 4) is 0 Å². The molecule has 0 rings (SSSR count). The predicted octanol–water partition coefficient (Wildman–Crippen LogP) is 1.86. The Kier molecular flexibility index (Phi) is 6.29. The lowest BCUT2D eigenvalue weighted by atomic mass is 10.2. The first-order chi connectivity index (χ1) is 7.15. The van der Waals surface area contributed by atoms with E-state index < -0.39 is 11.9 Å². The maximum atomic E-state index is 11.2. The molecule has 80 valence electrons. The zero-order chi connectivity index (χ0) is 11.7. The Morgan fingerprint density at radius 3 is 2.13 bits per heavy atom. The van der Waals surface area contributed by atoms with Crippen LogP contribution in [0.4, 0.5) is 0 Å². The average Bonchev–Trinajstić information content (AvgIpc) is 2.18. The van der Waals surface area contributed by atoms with Crippen molar-refractivity contribution in [1.29, 1.82) is 0 Å². The molecule has 0 aromatic rings. The third-order valence-corrected chi connectivity index (χ3v) is 1.32. The van der Waals surface area contributed by atoms with Crippen molar-refractivity contribution in [2.24, 2.45) is 0 Å². The molecule has 0 aliphatic heterocycles. The summed E-state index contributed by atoms with van der Waals surface area (Å²) in [5, 5.41) is 0. The molecule has 0 aliphatic carbocycles. The van der Waals surface area contributed by atoms with Crippen LogP contribution in [0.2, 0.25) is 0 Å². The molecular formula is C11H12O4. The van der Waals surface area contributed by atoms with Crippen molar-refractivity contribution in [1.82, 2.24) is 0 Å². The van der Waals surface area contributed by atoms with Gasteiger partial charge in [0.15, 0.2) is 0 Å². The Balaban J connectivity index is 4.54. The molecule has 0 aromatic heterocycles. The molecule has 0 amide bonds. The van der Waals surface area contributed by atoms with E-state index in [4.69, 9.17) is 0 Å².